The van der Waals surface area contributed by atoms with Crippen LogP contribution in [0.1, 0.15) is 20.8 Å². The molecule has 1 aliphatic rings. The summed E-state index contributed by atoms with van der Waals surface area (Å²) in [5.41, 5.74) is 2.32. The Bertz CT molecular complexity index is 1000. The molecule has 1 saturated heterocycles. The van der Waals surface area contributed by atoms with Gasteiger partial charge in [0.1, 0.15) is 22.7 Å². The first-order valence-electron chi connectivity index (χ1n) is 8.97. The zero-order valence-electron chi connectivity index (χ0n) is 15.6. The first kappa shape index (κ1) is 17.9. The summed E-state index contributed by atoms with van der Waals surface area (Å²) < 4.78 is 5.46. The van der Waals surface area contributed by atoms with E-state index in [-0.39, 0.29) is 6.09 Å². The van der Waals surface area contributed by atoms with Crippen molar-refractivity contribution in [1.82, 2.24) is 19.9 Å². The van der Waals surface area contributed by atoms with Crippen LogP contribution < -0.4 is 4.90 Å². The number of nitrogens with zero attached hydrogens (tertiary/aromatic N) is 4. The molecule has 3 heterocycles. The van der Waals surface area contributed by atoms with Crippen molar-refractivity contribution in [3.8, 4) is 0 Å². The standard InChI is InChI=1S/C19H22ClN5O2/c1-19(2,3)27-18(26)25-8-6-24(7-9-25)12-4-5-14-13(10-12)15-16(20)21-11-22-17(15)23-14/h4-5,10-11H,6-9H2,1-3H3,(H,21,22,23). The monoisotopic (exact) mass is 387 g/mol. The Balaban J connectivity index is 1.54. The third kappa shape index (κ3) is 3.51. The maximum absolute atomic E-state index is 12.2. The first-order chi connectivity index (χ1) is 12.8. The van der Waals surface area contributed by atoms with E-state index >= 15 is 0 Å². The SMILES string of the molecule is CC(C)(C)OC(=O)N1CCN(c2ccc3[nH]c4ncnc(Cl)c4c3c2)CC1. The number of carbonyl (C=O) groups is 1. The van der Waals surface area contributed by atoms with Crippen LogP contribution in [0.5, 0.6) is 0 Å². The van der Waals surface area contributed by atoms with Gasteiger partial charge in [-0.15, -0.1) is 0 Å². The van der Waals surface area contributed by atoms with Gasteiger partial charge >= 0.3 is 6.09 Å². The van der Waals surface area contributed by atoms with Crippen LogP contribution in [-0.2, 0) is 4.74 Å². The molecule has 1 aliphatic heterocycles. The van der Waals surface area contributed by atoms with E-state index in [1.807, 2.05) is 26.8 Å². The molecule has 0 radical (unpaired) electrons. The van der Waals surface area contributed by atoms with Gasteiger partial charge in [0.25, 0.3) is 0 Å². The van der Waals surface area contributed by atoms with E-state index < -0.39 is 5.60 Å². The number of benzene rings is 1. The predicted octanol–water partition coefficient (Wildman–Crippen LogP) is 3.82. The number of ether oxygens (including phenoxy) is 1. The molecule has 1 aromatic carbocycles. The van der Waals surface area contributed by atoms with Crippen molar-refractivity contribution in [2.24, 2.45) is 0 Å². The van der Waals surface area contributed by atoms with Gasteiger partial charge in [-0.3, -0.25) is 0 Å². The molecule has 0 spiro atoms. The molecule has 0 bridgehead atoms. The molecule has 0 saturated carbocycles. The van der Waals surface area contributed by atoms with Gasteiger partial charge in [-0.25, -0.2) is 14.8 Å². The fourth-order valence-electron chi connectivity index (χ4n) is 3.34. The topological polar surface area (TPSA) is 74.3 Å². The van der Waals surface area contributed by atoms with Crippen LogP contribution in [0.2, 0.25) is 5.15 Å². The fourth-order valence-corrected chi connectivity index (χ4v) is 3.58. The Hall–Kier alpha value is -2.54. The Morgan fingerprint density at radius 1 is 1.19 bits per heavy atom. The number of piperazine rings is 1. The Morgan fingerprint density at radius 3 is 2.63 bits per heavy atom. The molecule has 2 aromatic heterocycles. The lowest BCUT2D eigenvalue weighted by molar-refractivity contribution is 0.0240. The first-order valence-corrected chi connectivity index (χ1v) is 9.34. The van der Waals surface area contributed by atoms with Gasteiger partial charge < -0.3 is 19.5 Å². The molecule has 142 valence electrons. The van der Waals surface area contributed by atoms with Crippen LogP contribution in [0.15, 0.2) is 24.5 Å². The predicted molar refractivity (Wildman–Crippen MR) is 106 cm³/mol. The van der Waals surface area contributed by atoms with E-state index in [9.17, 15) is 4.79 Å². The normalized spacial score (nSPS) is 15.6. The van der Waals surface area contributed by atoms with Gasteiger partial charge in [-0.2, -0.15) is 0 Å². The van der Waals surface area contributed by atoms with Crippen LogP contribution in [0.3, 0.4) is 0 Å². The number of aromatic amines is 1. The number of H-pyrrole nitrogens is 1. The number of nitrogens with one attached hydrogen (secondary N) is 1. The van der Waals surface area contributed by atoms with Crippen molar-refractivity contribution in [3.63, 3.8) is 0 Å². The molecule has 0 atom stereocenters. The van der Waals surface area contributed by atoms with Crippen molar-refractivity contribution < 1.29 is 9.53 Å². The molecule has 0 unspecified atom stereocenters. The highest BCUT2D eigenvalue weighted by atomic mass is 35.5. The van der Waals surface area contributed by atoms with Crippen LogP contribution in [0.25, 0.3) is 21.9 Å². The molecule has 4 rings (SSSR count). The summed E-state index contributed by atoms with van der Waals surface area (Å²) in [7, 11) is 0. The van der Waals surface area contributed by atoms with Crippen molar-refractivity contribution in [3.05, 3.63) is 29.7 Å². The minimum absolute atomic E-state index is 0.252. The zero-order chi connectivity index (χ0) is 19.2. The average molecular weight is 388 g/mol. The third-order valence-electron chi connectivity index (χ3n) is 4.62. The van der Waals surface area contributed by atoms with E-state index in [1.54, 1.807) is 4.90 Å². The number of rotatable bonds is 1. The number of aromatic nitrogens is 3. The van der Waals surface area contributed by atoms with Crippen LogP contribution in [-0.4, -0.2) is 57.7 Å². The summed E-state index contributed by atoms with van der Waals surface area (Å²) in [5, 5.41) is 2.28. The molecular weight excluding hydrogens is 366 g/mol. The molecule has 3 aromatic rings. The van der Waals surface area contributed by atoms with Gasteiger partial charge in [0.2, 0.25) is 0 Å². The Labute approximate surface area is 162 Å². The summed E-state index contributed by atoms with van der Waals surface area (Å²) in [5.74, 6) is 0. The highest BCUT2D eigenvalue weighted by molar-refractivity contribution is 6.36. The van der Waals surface area contributed by atoms with Crippen molar-refractivity contribution in [2.75, 3.05) is 31.1 Å². The molecular formula is C19H22ClN5O2. The van der Waals surface area contributed by atoms with E-state index in [4.69, 9.17) is 16.3 Å². The molecule has 1 amide bonds. The third-order valence-corrected chi connectivity index (χ3v) is 4.91. The zero-order valence-corrected chi connectivity index (χ0v) is 16.4. The number of halogens is 1. The van der Waals surface area contributed by atoms with Gasteiger partial charge in [0.05, 0.1) is 5.39 Å². The molecule has 8 heteroatoms. The largest absolute Gasteiger partial charge is 0.444 e. The minimum atomic E-state index is -0.476. The quantitative estimate of drug-likeness (QED) is 0.642. The number of anilines is 1. The number of amides is 1. The minimum Gasteiger partial charge on any atom is -0.444 e. The summed E-state index contributed by atoms with van der Waals surface area (Å²) in [6, 6.07) is 6.21. The second-order valence-electron chi connectivity index (χ2n) is 7.70. The highest BCUT2D eigenvalue weighted by Crippen LogP contribution is 2.32. The van der Waals surface area contributed by atoms with Gasteiger partial charge in [-0.05, 0) is 39.0 Å². The lowest BCUT2D eigenvalue weighted by Crippen LogP contribution is -2.50. The van der Waals surface area contributed by atoms with Crippen molar-refractivity contribution in [1.29, 1.82) is 0 Å². The highest BCUT2D eigenvalue weighted by Gasteiger charge is 2.26. The lowest BCUT2D eigenvalue weighted by Gasteiger charge is -2.36. The number of hydrogen-bond acceptors (Lipinski definition) is 5. The van der Waals surface area contributed by atoms with Gasteiger partial charge in [-0.1, -0.05) is 11.6 Å². The Kier molecular flexibility index (Phi) is 4.34. The number of fused-ring (bicyclic) bond motifs is 3. The molecule has 1 N–H and O–H groups in total. The second kappa shape index (κ2) is 6.56. The van der Waals surface area contributed by atoms with Crippen molar-refractivity contribution >= 4 is 45.3 Å². The van der Waals surface area contributed by atoms with E-state index in [2.05, 4.69) is 32.0 Å². The average Bonchev–Trinajstić information content (AvgIpc) is 2.99. The molecule has 7 nitrogen and oxygen atoms in total. The summed E-state index contributed by atoms with van der Waals surface area (Å²) in [6.07, 6.45) is 1.20. The van der Waals surface area contributed by atoms with E-state index in [1.165, 1.54) is 6.33 Å². The summed E-state index contributed by atoms with van der Waals surface area (Å²) >= 11 is 6.28. The lowest BCUT2D eigenvalue weighted by atomic mass is 10.1. The second-order valence-corrected chi connectivity index (χ2v) is 8.06. The van der Waals surface area contributed by atoms with E-state index in [0.717, 1.165) is 40.7 Å². The summed E-state index contributed by atoms with van der Waals surface area (Å²) in [4.78, 5) is 27.9. The van der Waals surface area contributed by atoms with Gasteiger partial charge in [0, 0.05) is 42.8 Å². The molecule has 27 heavy (non-hydrogen) atoms. The van der Waals surface area contributed by atoms with Crippen LogP contribution >= 0.6 is 11.6 Å². The molecule has 0 aliphatic carbocycles. The van der Waals surface area contributed by atoms with Crippen LogP contribution in [0, 0.1) is 0 Å². The number of hydrogen-bond donors (Lipinski definition) is 1. The van der Waals surface area contributed by atoms with E-state index in [0.29, 0.717) is 18.2 Å². The van der Waals surface area contributed by atoms with Crippen molar-refractivity contribution in [2.45, 2.75) is 26.4 Å². The summed E-state index contributed by atoms with van der Waals surface area (Å²) in [6.45, 7) is 8.40. The number of carbonyl (C=O) groups excluding carboxylic acids is 1. The fraction of sp³-hybridized carbons (Fsp3) is 0.421. The maximum atomic E-state index is 12.2. The maximum Gasteiger partial charge on any atom is 0.410 e. The van der Waals surface area contributed by atoms with Crippen LogP contribution in [0.4, 0.5) is 10.5 Å². The Morgan fingerprint density at radius 2 is 1.93 bits per heavy atom. The smallest absolute Gasteiger partial charge is 0.410 e. The molecule has 1 fully saturated rings. The van der Waals surface area contributed by atoms with Gasteiger partial charge in [0.15, 0.2) is 0 Å².